The van der Waals surface area contributed by atoms with E-state index in [1.165, 1.54) is 0 Å². The van der Waals surface area contributed by atoms with Crippen LogP contribution in [0.15, 0.2) is 24.3 Å². The van der Waals surface area contributed by atoms with Crippen molar-refractivity contribution >= 4 is 17.5 Å². The van der Waals surface area contributed by atoms with Crippen molar-refractivity contribution in [2.24, 2.45) is 0 Å². The van der Waals surface area contributed by atoms with Crippen LogP contribution in [-0.2, 0) is 16.1 Å². The average Bonchev–Trinajstić information content (AvgIpc) is 2.46. The fourth-order valence-electron chi connectivity index (χ4n) is 2.22. The molecule has 2 rings (SSSR count). The molecule has 0 bridgehead atoms. The van der Waals surface area contributed by atoms with Crippen LogP contribution in [-0.4, -0.2) is 31.7 Å². The van der Waals surface area contributed by atoms with Gasteiger partial charge in [-0.05, 0) is 43.6 Å². The number of carbonyl (C=O) groups excluding carboxylic acids is 1. The maximum Gasteiger partial charge on any atom is 0.222 e. The lowest BCUT2D eigenvalue weighted by Crippen LogP contribution is -2.33. The van der Waals surface area contributed by atoms with E-state index >= 15 is 0 Å². The third-order valence-electron chi connectivity index (χ3n) is 3.35. The molecule has 0 unspecified atom stereocenters. The number of hydrogen-bond acceptors (Lipinski definition) is 3. The Morgan fingerprint density at radius 1 is 1.40 bits per heavy atom. The molecule has 1 saturated heterocycles. The molecule has 0 spiro atoms. The molecule has 0 aromatic heterocycles. The summed E-state index contributed by atoms with van der Waals surface area (Å²) in [4.78, 5) is 11.7. The number of benzene rings is 1. The Morgan fingerprint density at radius 3 is 2.95 bits per heavy atom. The van der Waals surface area contributed by atoms with Gasteiger partial charge in [-0.1, -0.05) is 23.7 Å². The van der Waals surface area contributed by atoms with Gasteiger partial charge in [0.1, 0.15) is 0 Å². The number of halogens is 1. The van der Waals surface area contributed by atoms with Gasteiger partial charge in [-0.25, -0.2) is 0 Å². The molecule has 0 atom stereocenters. The maximum absolute atomic E-state index is 11.7. The van der Waals surface area contributed by atoms with Crippen LogP contribution in [0.5, 0.6) is 0 Å². The van der Waals surface area contributed by atoms with Crippen molar-refractivity contribution in [3.8, 4) is 0 Å². The Balaban J connectivity index is 1.60. The standard InChI is InChI=1S/C15H21ClN2O2/c16-13-3-1-2-12(10-13)11-18-15(19)6-9-20-14-4-7-17-8-5-14/h1-3,10,14,17H,4-9,11H2,(H,18,19). The number of rotatable bonds is 6. The van der Waals surface area contributed by atoms with Gasteiger partial charge in [0.25, 0.3) is 0 Å². The largest absolute Gasteiger partial charge is 0.378 e. The van der Waals surface area contributed by atoms with Crippen molar-refractivity contribution in [2.75, 3.05) is 19.7 Å². The van der Waals surface area contributed by atoms with Crippen molar-refractivity contribution in [1.29, 1.82) is 0 Å². The number of amides is 1. The Labute approximate surface area is 124 Å². The predicted molar refractivity (Wildman–Crippen MR) is 79.8 cm³/mol. The first-order valence-electron chi connectivity index (χ1n) is 7.07. The molecule has 110 valence electrons. The van der Waals surface area contributed by atoms with Gasteiger partial charge in [-0.15, -0.1) is 0 Å². The minimum absolute atomic E-state index is 0.0129. The van der Waals surface area contributed by atoms with Gasteiger partial charge in [0.2, 0.25) is 5.91 Å². The van der Waals surface area contributed by atoms with Crippen LogP contribution in [0.3, 0.4) is 0 Å². The summed E-state index contributed by atoms with van der Waals surface area (Å²) < 4.78 is 5.70. The normalized spacial score (nSPS) is 16.1. The van der Waals surface area contributed by atoms with Gasteiger partial charge in [-0.3, -0.25) is 4.79 Å². The van der Waals surface area contributed by atoms with E-state index < -0.39 is 0 Å². The van der Waals surface area contributed by atoms with Crippen LogP contribution >= 0.6 is 11.6 Å². The van der Waals surface area contributed by atoms with E-state index in [1.54, 1.807) is 0 Å². The summed E-state index contributed by atoms with van der Waals surface area (Å²) in [5.74, 6) is 0.0129. The van der Waals surface area contributed by atoms with Crippen molar-refractivity contribution in [1.82, 2.24) is 10.6 Å². The maximum atomic E-state index is 11.7. The Hall–Kier alpha value is -1.10. The summed E-state index contributed by atoms with van der Waals surface area (Å²) in [5, 5.41) is 6.85. The first-order valence-corrected chi connectivity index (χ1v) is 7.45. The molecule has 5 heteroatoms. The van der Waals surface area contributed by atoms with E-state index in [1.807, 2.05) is 24.3 Å². The van der Waals surface area contributed by atoms with Crippen LogP contribution in [0.1, 0.15) is 24.8 Å². The van der Waals surface area contributed by atoms with Gasteiger partial charge < -0.3 is 15.4 Å². The zero-order valence-corrected chi connectivity index (χ0v) is 12.3. The molecule has 1 amide bonds. The second-order valence-corrected chi connectivity index (χ2v) is 5.41. The molecule has 1 aliphatic heterocycles. The molecule has 4 nitrogen and oxygen atoms in total. The first-order chi connectivity index (χ1) is 9.74. The molecule has 1 aromatic carbocycles. The zero-order valence-electron chi connectivity index (χ0n) is 11.5. The zero-order chi connectivity index (χ0) is 14.2. The average molecular weight is 297 g/mol. The first kappa shape index (κ1) is 15.3. The Kier molecular flexibility index (Phi) is 6.30. The summed E-state index contributed by atoms with van der Waals surface area (Å²) >= 11 is 5.89. The molecule has 1 aromatic rings. The van der Waals surface area contributed by atoms with Crippen LogP contribution in [0.2, 0.25) is 5.02 Å². The molecule has 1 fully saturated rings. The minimum Gasteiger partial charge on any atom is -0.378 e. The second kappa shape index (κ2) is 8.25. The van der Waals surface area contributed by atoms with Crippen molar-refractivity contribution < 1.29 is 9.53 Å². The molecule has 0 radical (unpaired) electrons. The molecule has 1 aliphatic rings. The second-order valence-electron chi connectivity index (χ2n) is 4.98. The smallest absolute Gasteiger partial charge is 0.222 e. The summed E-state index contributed by atoms with van der Waals surface area (Å²) in [6.07, 6.45) is 2.77. The highest BCUT2D eigenvalue weighted by atomic mass is 35.5. The van der Waals surface area contributed by atoms with Crippen LogP contribution in [0.25, 0.3) is 0 Å². The van der Waals surface area contributed by atoms with Gasteiger partial charge >= 0.3 is 0 Å². The lowest BCUT2D eigenvalue weighted by molar-refractivity contribution is -0.122. The lowest BCUT2D eigenvalue weighted by atomic mass is 10.1. The van der Waals surface area contributed by atoms with E-state index in [-0.39, 0.29) is 5.91 Å². The molecule has 0 aliphatic carbocycles. The number of piperidine rings is 1. The van der Waals surface area contributed by atoms with Gasteiger partial charge in [0.05, 0.1) is 12.7 Å². The molecule has 2 N–H and O–H groups in total. The van der Waals surface area contributed by atoms with Gasteiger partial charge in [0, 0.05) is 18.0 Å². The third kappa shape index (κ3) is 5.49. The SMILES string of the molecule is O=C(CCOC1CCNCC1)NCc1cccc(Cl)c1. The monoisotopic (exact) mass is 296 g/mol. The van der Waals surface area contributed by atoms with Crippen molar-refractivity contribution in [2.45, 2.75) is 31.9 Å². The van der Waals surface area contributed by atoms with E-state index in [2.05, 4.69) is 10.6 Å². The van der Waals surface area contributed by atoms with E-state index in [9.17, 15) is 4.79 Å². The number of hydrogen-bond donors (Lipinski definition) is 2. The Bertz CT molecular complexity index is 434. The number of nitrogens with one attached hydrogen (secondary N) is 2. The number of ether oxygens (including phenoxy) is 1. The highest BCUT2D eigenvalue weighted by molar-refractivity contribution is 6.30. The highest BCUT2D eigenvalue weighted by Crippen LogP contribution is 2.10. The molecular formula is C15H21ClN2O2. The minimum atomic E-state index is 0.0129. The lowest BCUT2D eigenvalue weighted by Gasteiger charge is -2.22. The predicted octanol–water partition coefficient (Wildman–Crippen LogP) is 2.11. The van der Waals surface area contributed by atoms with E-state index in [4.69, 9.17) is 16.3 Å². The van der Waals surface area contributed by atoms with E-state index in [0.29, 0.717) is 30.7 Å². The summed E-state index contributed by atoms with van der Waals surface area (Å²) in [6.45, 7) is 3.01. The molecule has 0 saturated carbocycles. The summed E-state index contributed by atoms with van der Waals surface area (Å²) in [5.41, 5.74) is 1.00. The molecule has 1 heterocycles. The van der Waals surface area contributed by atoms with Crippen LogP contribution in [0.4, 0.5) is 0 Å². The van der Waals surface area contributed by atoms with Crippen LogP contribution in [0, 0.1) is 0 Å². The molecular weight excluding hydrogens is 276 g/mol. The van der Waals surface area contributed by atoms with Crippen molar-refractivity contribution in [3.05, 3.63) is 34.9 Å². The highest BCUT2D eigenvalue weighted by Gasteiger charge is 2.13. The summed E-state index contributed by atoms with van der Waals surface area (Å²) in [6, 6.07) is 7.49. The van der Waals surface area contributed by atoms with Crippen LogP contribution < -0.4 is 10.6 Å². The van der Waals surface area contributed by atoms with E-state index in [0.717, 1.165) is 31.5 Å². The topological polar surface area (TPSA) is 50.4 Å². The van der Waals surface area contributed by atoms with Crippen molar-refractivity contribution in [3.63, 3.8) is 0 Å². The summed E-state index contributed by atoms with van der Waals surface area (Å²) in [7, 11) is 0. The fraction of sp³-hybridized carbons (Fsp3) is 0.533. The van der Waals surface area contributed by atoms with Gasteiger partial charge in [0.15, 0.2) is 0 Å². The quantitative estimate of drug-likeness (QED) is 0.845. The third-order valence-corrected chi connectivity index (χ3v) is 3.58. The molecule has 20 heavy (non-hydrogen) atoms. The number of carbonyl (C=O) groups is 1. The Morgan fingerprint density at radius 2 is 2.20 bits per heavy atom. The fourth-order valence-corrected chi connectivity index (χ4v) is 2.43. The van der Waals surface area contributed by atoms with Gasteiger partial charge in [-0.2, -0.15) is 0 Å².